The van der Waals surface area contributed by atoms with Gasteiger partial charge in [0, 0.05) is 11.7 Å². The van der Waals surface area contributed by atoms with Gasteiger partial charge in [-0.15, -0.1) is 10.2 Å². The van der Waals surface area contributed by atoms with E-state index >= 15 is 0 Å². The van der Waals surface area contributed by atoms with Crippen molar-refractivity contribution in [2.75, 3.05) is 5.32 Å². The van der Waals surface area contributed by atoms with E-state index in [0.717, 1.165) is 5.69 Å². The number of carbonyl (C=O) groups is 1. The molecule has 0 spiro atoms. The molecule has 5 nitrogen and oxygen atoms in total. The van der Waals surface area contributed by atoms with Crippen LogP contribution in [0.5, 0.6) is 0 Å². The Morgan fingerprint density at radius 2 is 1.79 bits per heavy atom. The first-order valence-electron chi connectivity index (χ1n) is 9.23. The van der Waals surface area contributed by atoms with E-state index in [0.29, 0.717) is 23.0 Å². The van der Waals surface area contributed by atoms with Gasteiger partial charge in [0.05, 0.1) is 10.8 Å². The van der Waals surface area contributed by atoms with E-state index in [1.54, 1.807) is 18.2 Å². The van der Waals surface area contributed by atoms with E-state index in [2.05, 4.69) is 15.5 Å². The number of hydrogen-bond donors (Lipinski definition) is 1. The van der Waals surface area contributed by atoms with Gasteiger partial charge in [-0.3, -0.25) is 9.36 Å². The molecule has 28 heavy (non-hydrogen) atoms. The summed E-state index contributed by atoms with van der Waals surface area (Å²) in [4.78, 5) is 12.7. The summed E-state index contributed by atoms with van der Waals surface area (Å²) in [6.45, 7) is 5.93. The summed E-state index contributed by atoms with van der Waals surface area (Å²) in [5, 5.41) is 11.7. The van der Waals surface area contributed by atoms with Crippen LogP contribution < -0.4 is 5.32 Å². The van der Waals surface area contributed by atoms with Crippen molar-refractivity contribution < 1.29 is 9.18 Å². The van der Waals surface area contributed by atoms with Crippen LogP contribution in [0, 0.1) is 5.82 Å². The predicted octanol–water partition coefficient (Wildman–Crippen LogP) is 5.17. The van der Waals surface area contributed by atoms with Crippen molar-refractivity contribution in [2.45, 2.75) is 43.6 Å². The predicted molar refractivity (Wildman–Crippen MR) is 111 cm³/mol. The number of benzene rings is 2. The van der Waals surface area contributed by atoms with E-state index in [4.69, 9.17) is 0 Å². The van der Waals surface area contributed by atoms with Crippen LogP contribution in [0.3, 0.4) is 0 Å². The number of carbonyl (C=O) groups excluding carboxylic acids is 1. The quantitative estimate of drug-likeness (QED) is 0.558. The van der Waals surface area contributed by atoms with Crippen molar-refractivity contribution in [3.63, 3.8) is 0 Å². The van der Waals surface area contributed by atoms with E-state index in [9.17, 15) is 9.18 Å². The van der Waals surface area contributed by atoms with Crippen LogP contribution in [0.4, 0.5) is 10.1 Å². The lowest BCUT2D eigenvalue weighted by molar-refractivity contribution is -0.115. The van der Waals surface area contributed by atoms with Crippen LogP contribution in [-0.4, -0.2) is 25.9 Å². The number of rotatable bonds is 7. The minimum Gasteiger partial charge on any atom is -0.325 e. The smallest absolute Gasteiger partial charge is 0.237 e. The van der Waals surface area contributed by atoms with Gasteiger partial charge in [0.25, 0.3) is 0 Å². The second-order valence-corrected chi connectivity index (χ2v) is 7.79. The van der Waals surface area contributed by atoms with Gasteiger partial charge in [-0.1, -0.05) is 49.0 Å². The van der Waals surface area contributed by atoms with Gasteiger partial charge in [-0.2, -0.15) is 0 Å². The average molecular weight is 399 g/mol. The number of nitrogens with zero attached hydrogens (tertiary/aromatic N) is 3. The van der Waals surface area contributed by atoms with Gasteiger partial charge in [0.15, 0.2) is 11.0 Å². The molecule has 0 saturated carbocycles. The summed E-state index contributed by atoms with van der Waals surface area (Å²) < 4.78 is 16.2. The molecule has 1 amide bonds. The highest BCUT2D eigenvalue weighted by Crippen LogP contribution is 2.32. The normalized spacial score (nSPS) is 12.2. The van der Waals surface area contributed by atoms with Crippen LogP contribution in [0.2, 0.25) is 0 Å². The molecule has 7 heteroatoms. The number of halogens is 1. The van der Waals surface area contributed by atoms with Crippen molar-refractivity contribution >= 4 is 23.4 Å². The Morgan fingerprint density at radius 1 is 1.11 bits per heavy atom. The van der Waals surface area contributed by atoms with Crippen molar-refractivity contribution in [1.29, 1.82) is 0 Å². The molecule has 0 bridgehead atoms. The maximum atomic E-state index is 14.3. The fourth-order valence-corrected chi connectivity index (χ4v) is 3.93. The second kappa shape index (κ2) is 9.01. The van der Waals surface area contributed by atoms with Crippen molar-refractivity contribution in [3.05, 3.63) is 60.4 Å². The van der Waals surface area contributed by atoms with Gasteiger partial charge >= 0.3 is 0 Å². The molecule has 1 N–H and O–H groups in total. The molecule has 1 heterocycles. The molecule has 0 aliphatic rings. The average Bonchev–Trinajstić information content (AvgIpc) is 3.10. The monoisotopic (exact) mass is 398 g/mol. The fourth-order valence-electron chi connectivity index (χ4n) is 2.84. The summed E-state index contributed by atoms with van der Waals surface area (Å²) in [5.74, 6) is 0.0283. The van der Waals surface area contributed by atoms with Gasteiger partial charge in [-0.05, 0) is 44.5 Å². The standard InChI is InChI=1S/C21H23FN4OS/c1-4-18(20(27)23-15-10-6-5-7-11-15)28-21-25-24-19(26(21)14(2)3)16-12-8-9-13-17(16)22/h5-14,18H,4H2,1-3H3,(H,23,27)/t18-/m1/s1. The summed E-state index contributed by atoms with van der Waals surface area (Å²) in [5.41, 5.74) is 1.15. The lowest BCUT2D eigenvalue weighted by Crippen LogP contribution is -2.25. The van der Waals surface area contributed by atoms with Crippen molar-refractivity contribution in [3.8, 4) is 11.4 Å². The zero-order valence-corrected chi connectivity index (χ0v) is 16.9. The number of amides is 1. The molecule has 3 aromatic rings. The largest absolute Gasteiger partial charge is 0.325 e. The highest BCUT2D eigenvalue weighted by molar-refractivity contribution is 8.00. The Balaban J connectivity index is 1.86. The summed E-state index contributed by atoms with van der Waals surface area (Å²) in [6, 6.07) is 15.9. The third kappa shape index (κ3) is 4.42. The zero-order valence-electron chi connectivity index (χ0n) is 16.1. The molecule has 1 atom stereocenters. The molecule has 0 unspecified atom stereocenters. The fraction of sp³-hybridized carbons (Fsp3) is 0.286. The first kappa shape index (κ1) is 20.1. The minimum atomic E-state index is -0.345. The summed E-state index contributed by atoms with van der Waals surface area (Å²) in [6.07, 6.45) is 0.628. The van der Waals surface area contributed by atoms with Gasteiger partial charge in [-0.25, -0.2) is 4.39 Å². The third-order valence-electron chi connectivity index (χ3n) is 4.25. The van der Waals surface area contributed by atoms with E-state index in [-0.39, 0.29) is 23.0 Å². The molecule has 0 aliphatic carbocycles. The summed E-state index contributed by atoms with van der Waals surface area (Å²) >= 11 is 1.35. The molecule has 0 fully saturated rings. The Hall–Kier alpha value is -2.67. The third-order valence-corrected chi connectivity index (χ3v) is 5.57. The van der Waals surface area contributed by atoms with Crippen LogP contribution in [0.25, 0.3) is 11.4 Å². The highest BCUT2D eigenvalue weighted by atomic mass is 32.2. The van der Waals surface area contributed by atoms with E-state index < -0.39 is 0 Å². The molecule has 0 saturated heterocycles. The van der Waals surface area contributed by atoms with Crippen LogP contribution >= 0.6 is 11.8 Å². The van der Waals surface area contributed by atoms with E-state index in [1.807, 2.05) is 55.7 Å². The zero-order chi connectivity index (χ0) is 20.1. The SMILES string of the molecule is CC[C@@H](Sc1nnc(-c2ccccc2F)n1C(C)C)C(=O)Nc1ccccc1. The first-order chi connectivity index (χ1) is 13.5. The molecule has 146 valence electrons. The maximum absolute atomic E-state index is 14.3. The topological polar surface area (TPSA) is 59.8 Å². The lowest BCUT2D eigenvalue weighted by atomic mass is 10.2. The molecular formula is C21H23FN4OS. The Morgan fingerprint density at radius 3 is 2.43 bits per heavy atom. The molecular weight excluding hydrogens is 375 g/mol. The maximum Gasteiger partial charge on any atom is 0.237 e. The van der Waals surface area contributed by atoms with Crippen molar-refractivity contribution in [1.82, 2.24) is 14.8 Å². The number of para-hydroxylation sites is 1. The molecule has 2 aromatic carbocycles. The number of anilines is 1. The lowest BCUT2D eigenvalue weighted by Gasteiger charge is -2.18. The van der Waals surface area contributed by atoms with Gasteiger partial charge in [0.1, 0.15) is 5.82 Å². The van der Waals surface area contributed by atoms with Gasteiger partial charge < -0.3 is 5.32 Å². The Kier molecular flexibility index (Phi) is 6.46. The second-order valence-electron chi connectivity index (χ2n) is 6.62. The van der Waals surface area contributed by atoms with E-state index in [1.165, 1.54) is 17.8 Å². The number of hydrogen-bond acceptors (Lipinski definition) is 4. The number of nitrogens with one attached hydrogen (secondary N) is 1. The Bertz CT molecular complexity index is 943. The van der Waals surface area contributed by atoms with Crippen molar-refractivity contribution in [2.24, 2.45) is 0 Å². The number of thioether (sulfide) groups is 1. The van der Waals surface area contributed by atoms with Gasteiger partial charge in [0.2, 0.25) is 5.91 Å². The van der Waals surface area contributed by atoms with Crippen LogP contribution in [0.15, 0.2) is 59.8 Å². The highest BCUT2D eigenvalue weighted by Gasteiger charge is 2.25. The van der Waals surface area contributed by atoms with Crippen LogP contribution in [-0.2, 0) is 4.79 Å². The van der Waals surface area contributed by atoms with Crippen LogP contribution in [0.1, 0.15) is 33.2 Å². The first-order valence-corrected chi connectivity index (χ1v) is 10.1. The molecule has 1 aromatic heterocycles. The number of aromatic nitrogens is 3. The molecule has 0 aliphatic heterocycles. The summed E-state index contributed by atoms with van der Waals surface area (Å²) in [7, 11) is 0. The molecule has 0 radical (unpaired) electrons. The Labute approximate surface area is 168 Å². The minimum absolute atomic E-state index is 0.0156. The molecule has 3 rings (SSSR count).